The van der Waals surface area contributed by atoms with Crippen LogP contribution in [0.5, 0.6) is 0 Å². The molecule has 0 spiro atoms. The predicted octanol–water partition coefficient (Wildman–Crippen LogP) is 1.61. The summed E-state index contributed by atoms with van der Waals surface area (Å²) in [4.78, 5) is 22.7. The lowest BCUT2D eigenvalue weighted by atomic mass is 10.2. The van der Waals surface area contributed by atoms with Gasteiger partial charge in [-0.1, -0.05) is 6.07 Å². The van der Waals surface area contributed by atoms with Gasteiger partial charge in [-0.15, -0.1) is 0 Å². The van der Waals surface area contributed by atoms with Gasteiger partial charge in [-0.3, -0.25) is 9.69 Å². The Labute approximate surface area is 145 Å². The minimum atomic E-state index is -0.408. The maximum Gasteiger partial charge on any atom is 0.258 e. The summed E-state index contributed by atoms with van der Waals surface area (Å²) in [6, 6.07) is 5.71. The smallest absolute Gasteiger partial charge is 0.258 e. The van der Waals surface area contributed by atoms with Crippen LogP contribution in [-0.4, -0.2) is 60.2 Å². The van der Waals surface area contributed by atoms with E-state index < -0.39 is 5.82 Å². The van der Waals surface area contributed by atoms with Crippen molar-refractivity contribution >= 4 is 17.5 Å². The molecular formula is C17H20FN5O2. The Morgan fingerprint density at radius 3 is 2.72 bits per heavy atom. The third kappa shape index (κ3) is 5.20. The Kier molecular flexibility index (Phi) is 5.86. The van der Waals surface area contributed by atoms with Crippen LogP contribution in [0.2, 0.25) is 0 Å². The van der Waals surface area contributed by atoms with Crippen molar-refractivity contribution in [1.82, 2.24) is 14.9 Å². The van der Waals surface area contributed by atoms with Crippen molar-refractivity contribution in [3.05, 3.63) is 48.0 Å². The van der Waals surface area contributed by atoms with Crippen molar-refractivity contribution in [1.29, 1.82) is 0 Å². The number of aromatic nitrogens is 2. The van der Waals surface area contributed by atoms with Gasteiger partial charge < -0.3 is 15.4 Å². The van der Waals surface area contributed by atoms with Crippen molar-refractivity contribution in [2.75, 3.05) is 50.0 Å². The van der Waals surface area contributed by atoms with Gasteiger partial charge in [0.1, 0.15) is 5.82 Å². The summed E-state index contributed by atoms with van der Waals surface area (Å²) in [5.74, 6) is -0.324. The lowest BCUT2D eigenvalue weighted by Gasteiger charge is -2.26. The molecule has 1 saturated heterocycles. The number of anilines is 2. The second-order valence-electron chi connectivity index (χ2n) is 5.64. The monoisotopic (exact) mass is 345 g/mol. The zero-order chi connectivity index (χ0) is 17.5. The van der Waals surface area contributed by atoms with E-state index in [9.17, 15) is 9.18 Å². The predicted molar refractivity (Wildman–Crippen MR) is 92.1 cm³/mol. The fraction of sp³-hybridized carbons (Fsp3) is 0.353. The van der Waals surface area contributed by atoms with E-state index in [1.807, 2.05) is 0 Å². The maximum atomic E-state index is 13.1. The number of morpholine rings is 1. The van der Waals surface area contributed by atoms with Gasteiger partial charge in [0.25, 0.3) is 5.91 Å². The topological polar surface area (TPSA) is 79.4 Å². The van der Waals surface area contributed by atoms with Crippen molar-refractivity contribution in [3.63, 3.8) is 0 Å². The summed E-state index contributed by atoms with van der Waals surface area (Å²) in [6.07, 6.45) is 2.89. The van der Waals surface area contributed by atoms with Gasteiger partial charge >= 0.3 is 0 Å². The van der Waals surface area contributed by atoms with E-state index in [4.69, 9.17) is 4.74 Å². The molecule has 1 aromatic heterocycles. The highest BCUT2D eigenvalue weighted by Crippen LogP contribution is 2.11. The lowest BCUT2D eigenvalue weighted by molar-refractivity contribution is 0.0398. The van der Waals surface area contributed by atoms with Gasteiger partial charge in [0.2, 0.25) is 5.95 Å². The first-order valence-corrected chi connectivity index (χ1v) is 8.14. The molecule has 1 fully saturated rings. The first-order chi connectivity index (χ1) is 12.2. The summed E-state index contributed by atoms with van der Waals surface area (Å²) in [7, 11) is 0. The van der Waals surface area contributed by atoms with E-state index >= 15 is 0 Å². The van der Waals surface area contributed by atoms with Gasteiger partial charge in [-0.05, 0) is 18.2 Å². The summed E-state index contributed by atoms with van der Waals surface area (Å²) < 4.78 is 18.4. The molecule has 8 heteroatoms. The van der Waals surface area contributed by atoms with Crippen LogP contribution in [0.3, 0.4) is 0 Å². The van der Waals surface area contributed by atoms with E-state index in [1.165, 1.54) is 30.6 Å². The first-order valence-electron chi connectivity index (χ1n) is 8.14. The maximum absolute atomic E-state index is 13.1. The fourth-order valence-corrected chi connectivity index (χ4v) is 2.46. The molecule has 7 nitrogen and oxygen atoms in total. The first kappa shape index (κ1) is 17.2. The van der Waals surface area contributed by atoms with Crippen molar-refractivity contribution < 1.29 is 13.9 Å². The number of benzene rings is 1. The molecule has 132 valence electrons. The lowest BCUT2D eigenvalue weighted by Crippen LogP contribution is -2.39. The van der Waals surface area contributed by atoms with Gasteiger partial charge in [-0.25, -0.2) is 14.4 Å². The number of rotatable bonds is 6. The fourth-order valence-electron chi connectivity index (χ4n) is 2.46. The molecule has 1 aromatic carbocycles. The average molecular weight is 345 g/mol. The molecule has 0 unspecified atom stereocenters. The van der Waals surface area contributed by atoms with E-state index in [-0.39, 0.29) is 5.91 Å². The molecule has 2 heterocycles. The van der Waals surface area contributed by atoms with Crippen molar-refractivity contribution in [2.45, 2.75) is 0 Å². The number of nitrogens with one attached hydrogen (secondary N) is 2. The van der Waals surface area contributed by atoms with Gasteiger partial charge in [0, 0.05) is 44.3 Å². The Morgan fingerprint density at radius 1 is 1.24 bits per heavy atom. The van der Waals surface area contributed by atoms with Crippen LogP contribution in [0.25, 0.3) is 0 Å². The molecular weight excluding hydrogens is 325 g/mol. The normalized spacial score (nSPS) is 14.9. The highest BCUT2D eigenvalue weighted by Gasteiger charge is 2.10. The quantitative estimate of drug-likeness (QED) is 0.828. The molecule has 1 aliphatic rings. The van der Waals surface area contributed by atoms with E-state index in [0.29, 0.717) is 17.2 Å². The molecule has 25 heavy (non-hydrogen) atoms. The number of nitrogens with zero attached hydrogens (tertiary/aromatic N) is 3. The van der Waals surface area contributed by atoms with Crippen LogP contribution in [-0.2, 0) is 4.74 Å². The standard InChI is InChI=1S/C17H20FN5O2/c18-14-2-1-3-15(10-14)22-16(24)13-11-20-17(21-12-13)19-4-5-23-6-8-25-9-7-23/h1-3,10-12H,4-9H2,(H,22,24)(H,19,20,21). The Bertz CT molecular complexity index is 704. The van der Waals surface area contributed by atoms with E-state index in [2.05, 4.69) is 25.5 Å². The number of amides is 1. The highest BCUT2D eigenvalue weighted by atomic mass is 19.1. The largest absolute Gasteiger partial charge is 0.379 e. The van der Waals surface area contributed by atoms with Crippen LogP contribution < -0.4 is 10.6 Å². The third-order valence-electron chi connectivity index (χ3n) is 3.81. The number of carbonyl (C=O) groups excluding carboxylic acids is 1. The Balaban J connectivity index is 1.48. The average Bonchev–Trinajstić information content (AvgIpc) is 2.63. The molecule has 2 aromatic rings. The third-order valence-corrected chi connectivity index (χ3v) is 3.81. The summed E-state index contributed by atoms with van der Waals surface area (Å²) in [6.45, 7) is 5.00. The zero-order valence-corrected chi connectivity index (χ0v) is 13.7. The Morgan fingerprint density at radius 2 is 2.00 bits per heavy atom. The van der Waals surface area contributed by atoms with Crippen LogP contribution in [0.4, 0.5) is 16.0 Å². The van der Waals surface area contributed by atoms with Crippen LogP contribution in [0.1, 0.15) is 10.4 Å². The SMILES string of the molecule is O=C(Nc1cccc(F)c1)c1cnc(NCCN2CCOCC2)nc1. The number of ether oxygens (including phenoxy) is 1. The van der Waals surface area contributed by atoms with Crippen LogP contribution in [0.15, 0.2) is 36.7 Å². The number of hydrogen-bond donors (Lipinski definition) is 2. The molecule has 2 N–H and O–H groups in total. The minimum absolute atomic E-state index is 0.308. The second kappa shape index (κ2) is 8.50. The molecule has 0 saturated carbocycles. The van der Waals surface area contributed by atoms with E-state index in [0.717, 1.165) is 39.4 Å². The molecule has 3 rings (SSSR count). The van der Waals surface area contributed by atoms with Gasteiger partial charge in [0.05, 0.1) is 18.8 Å². The molecule has 1 amide bonds. The van der Waals surface area contributed by atoms with Gasteiger partial charge in [0.15, 0.2) is 0 Å². The molecule has 0 bridgehead atoms. The highest BCUT2D eigenvalue weighted by molar-refractivity contribution is 6.03. The van der Waals surface area contributed by atoms with Crippen molar-refractivity contribution in [2.24, 2.45) is 0 Å². The second-order valence-corrected chi connectivity index (χ2v) is 5.64. The molecule has 0 radical (unpaired) electrons. The van der Waals surface area contributed by atoms with Crippen molar-refractivity contribution in [3.8, 4) is 0 Å². The van der Waals surface area contributed by atoms with Gasteiger partial charge in [-0.2, -0.15) is 0 Å². The number of halogens is 1. The zero-order valence-electron chi connectivity index (χ0n) is 13.7. The summed E-state index contributed by atoms with van der Waals surface area (Å²) >= 11 is 0. The summed E-state index contributed by atoms with van der Waals surface area (Å²) in [5.41, 5.74) is 0.695. The molecule has 1 aliphatic heterocycles. The summed E-state index contributed by atoms with van der Waals surface area (Å²) in [5, 5.41) is 5.74. The Hall–Kier alpha value is -2.58. The number of hydrogen-bond acceptors (Lipinski definition) is 6. The number of carbonyl (C=O) groups is 1. The van der Waals surface area contributed by atoms with Crippen LogP contribution >= 0.6 is 0 Å². The van der Waals surface area contributed by atoms with E-state index in [1.54, 1.807) is 6.07 Å². The molecule has 0 atom stereocenters. The van der Waals surface area contributed by atoms with Crippen LogP contribution in [0, 0.1) is 5.82 Å². The minimum Gasteiger partial charge on any atom is -0.379 e. The molecule has 0 aliphatic carbocycles.